The van der Waals surface area contributed by atoms with Gasteiger partial charge in [-0.3, -0.25) is 19.8 Å². The molecule has 6 fully saturated rings. The van der Waals surface area contributed by atoms with Crippen LogP contribution >= 0.6 is 0 Å². The number of ether oxygens (including phenoxy) is 4. The Morgan fingerprint density at radius 2 is 1.07 bits per heavy atom. The number of benzene rings is 3. The van der Waals surface area contributed by atoms with E-state index in [1.54, 1.807) is 14.2 Å². The topological polar surface area (TPSA) is 95.0 Å². The van der Waals surface area contributed by atoms with Crippen molar-refractivity contribution in [3.63, 3.8) is 0 Å². The van der Waals surface area contributed by atoms with Crippen molar-refractivity contribution in [1.29, 1.82) is 0 Å². The molecular formula is C48H54N6O4. The molecule has 7 unspecified atom stereocenters. The van der Waals surface area contributed by atoms with Crippen molar-refractivity contribution >= 4 is 32.6 Å². The van der Waals surface area contributed by atoms with Gasteiger partial charge in [-0.2, -0.15) is 0 Å². The SMILES string of the molecule is CCC1CN2CCC1CC2[C@H](Oc1nnc(O[C@H](c2ccnc3ccc(OC)cc23)C2C[C@H]3CCN2CC3CC)c2ccccc12)c1ccnc2ccc(OC)cc12. The molecule has 0 spiro atoms. The van der Waals surface area contributed by atoms with Crippen LogP contribution in [-0.2, 0) is 0 Å². The monoisotopic (exact) mass is 778 g/mol. The van der Waals surface area contributed by atoms with Crippen LogP contribution in [0.3, 0.4) is 0 Å². The Hall–Kier alpha value is -5.06. The van der Waals surface area contributed by atoms with Crippen LogP contribution in [-0.4, -0.2) is 82.4 Å². The van der Waals surface area contributed by atoms with Gasteiger partial charge in [-0.05, 0) is 123 Å². The van der Waals surface area contributed by atoms with Gasteiger partial charge in [0.15, 0.2) is 0 Å². The third-order valence-electron chi connectivity index (χ3n) is 14.3. The lowest BCUT2D eigenvalue weighted by Gasteiger charge is -2.52. The van der Waals surface area contributed by atoms with E-state index in [-0.39, 0.29) is 24.3 Å². The summed E-state index contributed by atoms with van der Waals surface area (Å²) in [5.41, 5.74) is 4.01. The van der Waals surface area contributed by atoms with Crippen molar-refractivity contribution in [2.24, 2.45) is 23.7 Å². The van der Waals surface area contributed by atoms with Gasteiger partial charge in [0.25, 0.3) is 0 Å². The zero-order chi connectivity index (χ0) is 39.3. The smallest absolute Gasteiger partial charge is 0.242 e. The standard InChI is InChI=1S/C48H54N6O4/c1-5-29-27-53-21-17-31(29)23-43(53)45(35-15-19-49-41-13-11-33(55-3)25-39(35)41)57-47-37-9-7-8-10-38(37)48(52-51-47)58-46(44-24-32-18-22-54(44)28-30(32)6-2)36-16-20-50-42-14-12-34(56-4)26-40(36)42/h7-16,19-20,25-26,29-32,43-46H,5-6,17-18,21-24,27-28H2,1-4H3/t29?,30?,31-,32?,43?,44?,45-,46-/m1/s1. The largest absolute Gasteiger partial charge is 0.497 e. The van der Waals surface area contributed by atoms with Crippen molar-refractivity contribution < 1.29 is 18.9 Å². The van der Waals surface area contributed by atoms with Gasteiger partial charge in [-0.1, -0.05) is 38.8 Å². The first-order valence-corrected chi connectivity index (χ1v) is 21.5. The van der Waals surface area contributed by atoms with Gasteiger partial charge in [0.1, 0.15) is 23.7 Å². The van der Waals surface area contributed by atoms with Crippen LogP contribution < -0.4 is 18.9 Å². The molecule has 12 rings (SSSR count). The molecule has 6 aromatic rings. The van der Waals surface area contributed by atoms with E-state index >= 15 is 0 Å². The second kappa shape index (κ2) is 15.6. The Balaban J connectivity index is 1.06. The summed E-state index contributed by atoms with van der Waals surface area (Å²) < 4.78 is 26.0. The van der Waals surface area contributed by atoms with Gasteiger partial charge in [-0.15, -0.1) is 10.2 Å². The highest BCUT2D eigenvalue weighted by Gasteiger charge is 2.46. The Bertz CT molecular complexity index is 2280. The predicted octanol–water partition coefficient (Wildman–Crippen LogP) is 9.22. The molecule has 10 heteroatoms. The van der Waals surface area contributed by atoms with E-state index in [0.29, 0.717) is 35.4 Å². The molecule has 4 bridgehead atoms. The van der Waals surface area contributed by atoms with Crippen LogP contribution in [0.1, 0.15) is 75.7 Å². The van der Waals surface area contributed by atoms with Gasteiger partial charge in [0.05, 0.1) is 48.1 Å². The Morgan fingerprint density at radius 1 is 0.603 bits per heavy atom. The molecule has 3 aromatic heterocycles. The maximum absolute atomic E-state index is 7.30. The number of hydrogen-bond donors (Lipinski definition) is 0. The number of methoxy groups -OCH3 is 2. The van der Waals surface area contributed by atoms with Crippen molar-refractivity contribution in [3.8, 4) is 23.3 Å². The molecule has 3 aromatic carbocycles. The van der Waals surface area contributed by atoms with Crippen molar-refractivity contribution in [1.82, 2.24) is 30.0 Å². The number of pyridine rings is 2. The first-order valence-electron chi connectivity index (χ1n) is 21.5. The molecule has 6 aliphatic rings. The minimum absolute atomic E-state index is 0.180. The highest BCUT2D eigenvalue weighted by molar-refractivity contribution is 5.91. The van der Waals surface area contributed by atoms with E-state index in [1.165, 1.54) is 25.7 Å². The van der Waals surface area contributed by atoms with E-state index in [9.17, 15) is 0 Å². The maximum atomic E-state index is 7.30. The lowest BCUT2D eigenvalue weighted by atomic mass is 9.72. The Labute approximate surface area is 340 Å². The van der Waals surface area contributed by atoms with Crippen LogP contribution in [0.25, 0.3) is 32.6 Å². The number of rotatable bonds is 12. The van der Waals surface area contributed by atoms with Crippen LogP contribution in [0.4, 0.5) is 0 Å². The number of piperidine rings is 6. The van der Waals surface area contributed by atoms with E-state index in [2.05, 4.69) is 72.2 Å². The Morgan fingerprint density at radius 3 is 1.47 bits per heavy atom. The molecule has 10 nitrogen and oxygen atoms in total. The average Bonchev–Trinajstić information content (AvgIpc) is 3.29. The summed E-state index contributed by atoms with van der Waals surface area (Å²) in [6.45, 7) is 9.00. The molecule has 0 N–H and O–H groups in total. The lowest BCUT2D eigenvalue weighted by molar-refractivity contribution is -0.0505. The van der Waals surface area contributed by atoms with Crippen LogP contribution in [0.15, 0.2) is 85.2 Å². The summed E-state index contributed by atoms with van der Waals surface area (Å²) >= 11 is 0. The summed E-state index contributed by atoms with van der Waals surface area (Å²) in [7, 11) is 3.42. The second-order valence-corrected chi connectivity index (χ2v) is 17.0. The predicted molar refractivity (Wildman–Crippen MR) is 227 cm³/mol. The number of fused-ring (bicyclic) bond motifs is 9. The Kier molecular flexibility index (Phi) is 10.0. The number of nitrogens with zero attached hydrogens (tertiary/aromatic N) is 6. The minimum atomic E-state index is -0.300. The quantitative estimate of drug-likeness (QED) is 0.120. The van der Waals surface area contributed by atoms with Gasteiger partial charge < -0.3 is 18.9 Å². The fraction of sp³-hybridized carbons (Fsp3) is 0.458. The molecule has 0 radical (unpaired) electrons. The number of aromatic nitrogens is 4. The molecule has 300 valence electrons. The minimum Gasteiger partial charge on any atom is -0.497 e. The fourth-order valence-electron chi connectivity index (χ4n) is 11.1. The first-order chi connectivity index (χ1) is 28.5. The van der Waals surface area contributed by atoms with E-state index in [0.717, 1.165) is 94.2 Å². The van der Waals surface area contributed by atoms with Crippen LogP contribution in [0.5, 0.6) is 23.3 Å². The van der Waals surface area contributed by atoms with Crippen molar-refractivity contribution in [2.45, 2.75) is 76.7 Å². The van der Waals surface area contributed by atoms with Crippen molar-refractivity contribution in [3.05, 3.63) is 96.3 Å². The first kappa shape index (κ1) is 37.2. The molecule has 6 saturated heterocycles. The van der Waals surface area contributed by atoms with Gasteiger partial charge in [0, 0.05) is 47.4 Å². The summed E-state index contributed by atoms with van der Waals surface area (Å²) in [5, 5.41) is 13.7. The summed E-state index contributed by atoms with van der Waals surface area (Å²) in [4.78, 5) is 14.8. The van der Waals surface area contributed by atoms with E-state index in [1.807, 2.05) is 36.7 Å². The van der Waals surface area contributed by atoms with Gasteiger partial charge in [0.2, 0.25) is 11.8 Å². The third-order valence-corrected chi connectivity index (χ3v) is 14.3. The van der Waals surface area contributed by atoms with Crippen molar-refractivity contribution in [2.75, 3.05) is 40.4 Å². The normalized spacial score (nSPS) is 27.4. The summed E-state index contributed by atoms with van der Waals surface area (Å²) in [6, 6.07) is 25.1. The average molecular weight is 779 g/mol. The number of hydrogen-bond acceptors (Lipinski definition) is 10. The summed E-state index contributed by atoms with van der Waals surface area (Å²) in [6.07, 6.45) is 10.2. The fourth-order valence-corrected chi connectivity index (χ4v) is 11.1. The molecule has 0 saturated carbocycles. The molecule has 58 heavy (non-hydrogen) atoms. The third kappa shape index (κ3) is 6.58. The van der Waals surface area contributed by atoms with E-state index in [4.69, 9.17) is 39.1 Å². The highest BCUT2D eigenvalue weighted by Crippen LogP contribution is 2.47. The molecular weight excluding hydrogens is 725 g/mol. The van der Waals surface area contributed by atoms with Gasteiger partial charge in [-0.25, -0.2) is 0 Å². The van der Waals surface area contributed by atoms with Crippen LogP contribution in [0.2, 0.25) is 0 Å². The molecule has 6 aliphatic heterocycles. The van der Waals surface area contributed by atoms with E-state index < -0.39 is 0 Å². The summed E-state index contributed by atoms with van der Waals surface area (Å²) in [5.74, 6) is 5.39. The van der Waals surface area contributed by atoms with Gasteiger partial charge >= 0.3 is 0 Å². The van der Waals surface area contributed by atoms with Crippen LogP contribution in [0, 0.1) is 23.7 Å². The molecule has 0 amide bonds. The maximum Gasteiger partial charge on any atom is 0.242 e. The zero-order valence-corrected chi connectivity index (χ0v) is 34.1. The zero-order valence-electron chi connectivity index (χ0n) is 34.1. The lowest BCUT2D eigenvalue weighted by Crippen LogP contribution is -2.56. The molecule has 0 aliphatic carbocycles. The second-order valence-electron chi connectivity index (χ2n) is 17.0. The molecule has 9 heterocycles. The molecule has 10 atom stereocenters. The highest BCUT2D eigenvalue weighted by atomic mass is 16.5.